The van der Waals surface area contributed by atoms with E-state index < -0.39 is 64.4 Å². The Morgan fingerprint density at radius 3 is 2.18 bits per heavy atom. The quantitative estimate of drug-likeness (QED) is 0.427. The van der Waals surface area contributed by atoms with Gasteiger partial charge in [-0.1, -0.05) is 42.5 Å². The zero-order valence-corrected chi connectivity index (χ0v) is 25.2. The lowest BCUT2D eigenvalue weighted by atomic mass is 9.52. The number of rotatable bonds is 6. The van der Waals surface area contributed by atoms with Crippen molar-refractivity contribution in [1.29, 1.82) is 0 Å². The molecule has 0 aromatic heterocycles. The Morgan fingerprint density at radius 2 is 1.57 bits per heavy atom. The lowest BCUT2D eigenvalue weighted by Gasteiger charge is -2.52. The summed E-state index contributed by atoms with van der Waals surface area (Å²) >= 11 is 0. The molecule has 0 radical (unpaired) electrons. The number of Topliss-reactive ketones (excluding diaryl/α,β-unsaturated/α-hetero) is 4. The first-order valence-corrected chi connectivity index (χ1v) is 15.7. The average Bonchev–Trinajstić information content (AvgIpc) is 2.97. The molecule has 4 N–H and O–H groups in total. The summed E-state index contributed by atoms with van der Waals surface area (Å²) in [5.41, 5.74) is 5.38. The maximum Gasteiger partial charge on any atom is 0.235 e. The molecule has 6 rings (SSSR count). The van der Waals surface area contributed by atoms with Gasteiger partial charge < -0.3 is 15.9 Å². The Morgan fingerprint density at radius 1 is 0.932 bits per heavy atom. The average molecular weight is 601 g/mol. The van der Waals surface area contributed by atoms with Crippen molar-refractivity contribution in [2.24, 2.45) is 41.2 Å². The van der Waals surface area contributed by atoms with Crippen molar-refractivity contribution in [2.75, 3.05) is 14.1 Å². The predicted octanol–water partition coefficient (Wildman–Crippen LogP) is 2.46. The van der Waals surface area contributed by atoms with E-state index in [0.717, 1.165) is 32.1 Å². The number of primary amides is 1. The van der Waals surface area contributed by atoms with Gasteiger partial charge in [0.15, 0.2) is 34.7 Å². The molecule has 232 valence electrons. The number of aliphatic hydroxyl groups is 1. The van der Waals surface area contributed by atoms with Crippen LogP contribution in [-0.4, -0.2) is 69.9 Å². The molecule has 3 fully saturated rings. The Hall–Kier alpha value is -3.69. The summed E-state index contributed by atoms with van der Waals surface area (Å²) in [7, 11) is 3.15. The zero-order chi connectivity index (χ0) is 31.5. The molecule has 1 amide bonds. The third kappa shape index (κ3) is 4.81. The van der Waals surface area contributed by atoms with Gasteiger partial charge in [-0.15, -0.1) is 0 Å². The van der Waals surface area contributed by atoms with Crippen molar-refractivity contribution in [2.45, 2.75) is 63.0 Å². The van der Waals surface area contributed by atoms with Gasteiger partial charge in [0.25, 0.3) is 0 Å². The second-order valence-electron chi connectivity index (χ2n) is 13.7. The summed E-state index contributed by atoms with van der Waals surface area (Å²) in [4.78, 5) is 68.3. The number of aromatic hydroxyl groups is 1. The summed E-state index contributed by atoms with van der Waals surface area (Å²) in [6.07, 6.45) is 6.25. The molecule has 0 aliphatic heterocycles. The number of nitrogens with zero attached hydrogens (tertiary/aromatic N) is 1. The number of phenols is 1. The molecule has 0 heterocycles. The highest BCUT2D eigenvalue weighted by atomic mass is 16.3. The second kappa shape index (κ2) is 11.3. The van der Waals surface area contributed by atoms with Gasteiger partial charge in [-0.05, 0) is 99.9 Å². The van der Waals surface area contributed by atoms with E-state index in [2.05, 4.69) is 24.3 Å². The second-order valence-corrected chi connectivity index (χ2v) is 13.7. The molecule has 3 saturated carbocycles. The van der Waals surface area contributed by atoms with Crippen LogP contribution in [0.4, 0.5) is 0 Å². The fourth-order valence-corrected chi connectivity index (χ4v) is 8.69. The van der Waals surface area contributed by atoms with Crippen LogP contribution < -0.4 is 5.73 Å². The van der Waals surface area contributed by atoms with Gasteiger partial charge in [-0.2, -0.15) is 0 Å². The highest BCUT2D eigenvalue weighted by Gasteiger charge is 2.69. The van der Waals surface area contributed by atoms with Crippen molar-refractivity contribution >= 4 is 29.0 Å². The first kappa shape index (κ1) is 30.3. The first-order valence-electron chi connectivity index (χ1n) is 15.7. The largest absolute Gasteiger partial charge is 0.507 e. The monoisotopic (exact) mass is 600 g/mol. The third-order valence-electron chi connectivity index (χ3n) is 10.9. The Labute approximate surface area is 256 Å². The van der Waals surface area contributed by atoms with E-state index in [4.69, 9.17) is 5.73 Å². The van der Waals surface area contributed by atoms with Crippen molar-refractivity contribution < 1.29 is 34.2 Å². The fourth-order valence-electron chi connectivity index (χ4n) is 8.69. The van der Waals surface area contributed by atoms with Crippen molar-refractivity contribution in [3.8, 4) is 5.75 Å². The maximum atomic E-state index is 14.0. The van der Waals surface area contributed by atoms with Crippen LogP contribution in [0.15, 0.2) is 42.5 Å². The number of amides is 1. The van der Waals surface area contributed by atoms with Crippen LogP contribution in [0.2, 0.25) is 0 Å². The highest BCUT2D eigenvalue weighted by molar-refractivity contribution is 6.32. The molecule has 4 aliphatic rings. The minimum atomic E-state index is -2.71. The van der Waals surface area contributed by atoms with Crippen LogP contribution in [0.25, 0.3) is 0 Å². The summed E-state index contributed by atoms with van der Waals surface area (Å²) in [5.74, 6) is -9.04. The molecule has 2 unspecified atom stereocenters. The van der Waals surface area contributed by atoms with Gasteiger partial charge in [0.05, 0.1) is 17.5 Å². The van der Waals surface area contributed by atoms with Crippen LogP contribution in [0, 0.1) is 35.5 Å². The van der Waals surface area contributed by atoms with E-state index in [1.54, 1.807) is 14.1 Å². The molecule has 2 aromatic rings. The summed E-state index contributed by atoms with van der Waals surface area (Å²) in [6, 6.07) is 13.1. The summed E-state index contributed by atoms with van der Waals surface area (Å²) in [6.45, 7) is 0. The van der Waals surface area contributed by atoms with Gasteiger partial charge in [-0.3, -0.25) is 28.9 Å². The molecule has 4 aliphatic carbocycles. The molecule has 6 atom stereocenters. The fraction of sp³-hybridized carbons (Fsp3) is 0.514. The van der Waals surface area contributed by atoms with Crippen LogP contribution >= 0.6 is 0 Å². The van der Waals surface area contributed by atoms with Gasteiger partial charge in [0, 0.05) is 5.92 Å². The number of carbonyl (C=O) groups is 5. The zero-order valence-electron chi connectivity index (χ0n) is 25.2. The predicted molar refractivity (Wildman–Crippen MR) is 161 cm³/mol. The van der Waals surface area contributed by atoms with Gasteiger partial charge >= 0.3 is 0 Å². The Bertz CT molecular complexity index is 1530. The van der Waals surface area contributed by atoms with Crippen LogP contribution in [0.5, 0.6) is 5.75 Å². The molecule has 0 bridgehead atoms. The molecule has 0 saturated heterocycles. The minimum absolute atomic E-state index is 0.0542. The van der Waals surface area contributed by atoms with Crippen LogP contribution in [0.3, 0.4) is 0 Å². The van der Waals surface area contributed by atoms with Crippen molar-refractivity contribution in [1.82, 2.24) is 4.90 Å². The first-order chi connectivity index (χ1) is 20.9. The van der Waals surface area contributed by atoms with Gasteiger partial charge in [0.2, 0.25) is 5.91 Å². The number of hydrogen-bond acceptors (Lipinski definition) is 8. The Kier molecular flexibility index (Phi) is 7.82. The highest BCUT2D eigenvalue weighted by Crippen LogP contribution is 2.51. The van der Waals surface area contributed by atoms with Crippen molar-refractivity contribution in [3.05, 3.63) is 64.7 Å². The van der Waals surface area contributed by atoms with E-state index in [0.29, 0.717) is 29.4 Å². The number of likely N-dealkylation sites (N-methyl/N-ethyl adjacent to an activating group) is 1. The van der Waals surface area contributed by atoms with Crippen LogP contribution in [-0.2, 0) is 38.4 Å². The molecular formula is C35H40N2O7. The number of hydrogen-bond donors (Lipinski definition) is 3. The lowest BCUT2D eigenvalue weighted by molar-refractivity contribution is -0.181. The number of benzene rings is 2. The van der Waals surface area contributed by atoms with E-state index in [9.17, 15) is 34.2 Å². The topological polar surface area (TPSA) is 155 Å². The standard InChI is InChI=1S/C35H40N2O7/c1-37(2)28-24-17-23-16-21-12-13-22(15-20-10-8-19(9-11-20)14-18-6-4-3-5-7-18)29(38)25(21)30(39)26(23)32(41)35(24,44)33(42)27(31(28)40)34(36)43/h3-7,12-13,19-20,23-24,26-28,38,44H,8-11,14-17H2,1-2H3,(H2,36,43)/t19?,20?,23-,24-,26?,27?,28-,35-/m1/s1. The maximum absolute atomic E-state index is 14.0. The van der Waals surface area contributed by atoms with E-state index >= 15 is 0 Å². The lowest BCUT2D eigenvalue weighted by Crippen LogP contribution is -2.74. The summed E-state index contributed by atoms with van der Waals surface area (Å²) in [5, 5.41) is 23.1. The van der Waals surface area contributed by atoms with Gasteiger partial charge in [-0.25, -0.2) is 0 Å². The van der Waals surface area contributed by atoms with E-state index in [1.807, 2.05) is 18.2 Å². The SMILES string of the molecule is CN(C)[C@H]1C(=O)C(C(N)=O)C(=O)[C@]2(O)C(=O)C3C(=O)c4c(ccc(CC5CCC(Cc6ccccc6)CC5)c4O)C[C@@H]3C[C@H]12. The summed E-state index contributed by atoms with van der Waals surface area (Å²) < 4.78 is 0. The number of nitrogens with two attached hydrogens (primary N) is 1. The molecule has 2 aromatic carbocycles. The molecule has 9 nitrogen and oxygen atoms in total. The normalized spacial score (nSPS) is 33.5. The molecular weight excluding hydrogens is 560 g/mol. The van der Waals surface area contributed by atoms with Gasteiger partial charge in [0.1, 0.15) is 5.75 Å². The third-order valence-corrected chi connectivity index (χ3v) is 10.9. The number of carbonyl (C=O) groups excluding carboxylic acids is 5. The molecule has 44 heavy (non-hydrogen) atoms. The molecule has 0 spiro atoms. The van der Waals surface area contributed by atoms with E-state index in [1.165, 1.54) is 10.5 Å². The smallest absolute Gasteiger partial charge is 0.235 e. The Balaban J connectivity index is 1.24. The number of phenolic OH excluding ortho intramolecular Hbond substituents is 1. The molecule has 9 heteroatoms. The minimum Gasteiger partial charge on any atom is -0.507 e. The van der Waals surface area contributed by atoms with E-state index in [-0.39, 0.29) is 24.2 Å². The number of ketones is 4. The van der Waals surface area contributed by atoms with Crippen LogP contribution in [0.1, 0.15) is 59.2 Å². The number of fused-ring (bicyclic) bond motifs is 3. The van der Waals surface area contributed by atoms with Crippen molar-refractivity contribution in [3.63, 3.8) is 0 Å².